The maximum absolute atomic E-state index is 13.6. The van der Waals surface area contributed by atoms with E-state index in [4.69, 9.17) is 4.74 Å². The van der Waals surface area contributed by atoms with Gasteiger partial charge in [0.25, 0.3) is 10.0 Å². The van der Waals surface area contributed by atoms with Crippen molar-refractivity contribution in [1.82, 2.24) is 4.90 Å². The zero-order valence-corrected chi connectivity index (χ0v) is 18.9. The van der Waals surface area contributed by atoms with E-state index >= 15 is 0 Å². The molecule has 5 nitrogen and oxygen atoms in total. The number of likely N-dealkylation sites (N-methyl/N-ethyl adjacent to an activating group) is 1. The Morgan fingerprint density at radius 3 is 2.37 bits per heavy atom. The first-order valence-electron chi connectivity index (χ1n) is 9.71. The van der Waals surface area contributed by atoms with Crippen LogP contribution in [0.4, 0.5) is 5.69 Å². The Bertz CT molecular complexity index is 1010. The molecule has 0 saturated heterocycles. The average Bonchev–Trinajstić information content (AvgIpc) is 2.74. The summed E-state index contributed by atoms with van der Waals surface area (Å²) in [6, 6.07) is 15.2. The van der Waals surface area contributed by atoms with Gasteiger partial charge in [-0.3, -0.25) is 4.31 Å². The van der Waals surface area contributed by atoms with Crippen LogP contribution in [0.2, 0.25) is 0 Å². The molecule has 0 heterocycles. The van der Waals surface area contributed by atoms with Gasteiger partial charge < -0.3 is 9.64 Å². The van der Waals surface area contributed by atoms with Crippen LogP contribution in [0.25, 0.3) is 11.1 Å². The number of sulfonamides is 1. The van der Waals surface area contributed by atoms with Gasteiger partial charge >= 0.3 is 0 Å². The minimum absolute atomic E-state index is 0.219. The summed E-state index contributed by atoms with van der Waals surface area (Å²) in [4.78, 5) is 2.18. The number of allylic oxidation sites excluding steroid dienone is 4. The lowest BCUT2D eigenvalue weighted by Crippen LogP contribution is -2.37. The van der Waals surface area contributed by atoms with Crippen LogP contribution >= 0.6 is 0 Å². The van der Waals surface area contributed by atoms with Crippen LogP contribution in [-0.4, -0.2) is 47.6 Å². The SMILES string of the molecule is C=C/C=C\C(=C/C)S(=O)(=O)N(CCN(C)C)c1ccc(OC)cc1-c1ccccc1. The predicted octanol–water partition coefficient (Wildman–Crippen LogP) is 4.71. The molecule has 0 bridgehead atoms. The highest BCUT2D eigenvalue weighted by molar-refractivity contribution is 7.96. The summed E-state index contributed by atoms with van der Waals surface area (Å²) in [5.74, 6) is 0.667. The lowest BCUT2D eigenvalue weighted by Gasteiger charge is -2.28. The Morgan fingerprint density at radius 1 is 1.10 bits per heavy atom. The Balaban J connectivity index is 2.71. The van der Waals surface area contributed by atoms with Crippen molar-refractivity contribution in [3.8, 4) is 16.9 Å². The van der Waals surface area contributed by atoms with Crippen molar-refractivity contribution in [2.24, 2.45) is 0 Å². The monoisotopic (exact) mass is 426 g/mol. The number of ether oxygens (including phenoxy) is 1. The van der Waals surface area contributed by atoms with Gasteiger partial charge in [-0.25, -0.2) is 8.42 Å². The largest absolute Gasteiger partial charge is 0.497 e. The van der Waals surface area contributed by atoms with E-state index in [0.717, 1.165) is 11.1 Å². The molecule has 2 aromatic carbocycles. The first-order chi connectivity index (χ1) is 14.3. The topological polar surface area (TPSA) is 49.9 Å². The number of benzene rings is 2. The predicted molar refractivity (Wildman–Crippen MR) is 126 cm³/mol. The van der Waals surface area contributed by atoms with Gasteiger partial charge in [0.05, 0.1) is 17.7 Å². The van der Waals surface area contributed by atoms with Crippen molar-refractivity contribution in [2.75, 3.05) is 38.6 Å². The van der Waals surface area contributed by atoms with Crippen molar-refractivity contribution in [2.45, 2.75) is 6.92 Å². The first kappa shape index (κ1) is 23.4. The third-order valence-electron chi connectivity index (χ3n) is 4.58. The molecule has 2 rings (SSSR count). The van der Waals surface area contributed by atoms with Crippen LogP contribution < -0.4 is 9.04 Å². The zero-order valence-electron chi connectivity index (χ0n) is 18.1. The first-order valence-corrected chi connectivity index (χ1v) is 11.2. The molecule has 30 heavy (non-hydrogen) atoms. The number of rotatable bonds is 10. The van der Waals surface area contributed by atoms with Gasteiger partial charge in [0, 0.05) is 18.7 Å². The number of methoxy groups -OCH3 is 1. The fourth-order valence-corrected chi connectivity index (χ4v) is 4.53. The van der Waals surface area contributed by atoms with Crippen LogP contribution in [0.5, 0.6) is 5.75 Å². The molecule has 160 valence electrons. The number of anilines is 1. The maximum atomic E-state index is 13.6. The van der Waals surface area contributed by atoms with E-state index in [1.54, 1.807) is 50.5 Å². The van der Waals surface area contributed by atoms with Gasteiger partial charge in [-0.1, -0.05) is 55.1 Å². The van der Waals surface area contributed by atoms with E-state index in [1.165, 1.54) is 4.31 Å². The molecule has 0 amide bonds. The summed E-state index contributed by atoms with van der Waals surface area (Å²) in [5.41, 5.74) is 2.32. The third-order valence-corrected chi connectivity index (χ3v) is 6.50. The van der Waals surface area contributed by atoms with Crippen molar-refractivity contribution < 1.29 is 13.2 Å². The molecule has 0 spiro atoms. The molecule has 2 aromatic rings. The Morgan fingerprint density at radius 2 is 1.80 bits per heavy atom. The van der Waals surface area contributed by atoms with Gasteiger partial charge in [0.2, 0.25) is 0 Å². The molecular weight excluding hydrogens is 396 g/mol. The fourth-order valence-electron chi connectivity index (χ4n) is 2.99. The lowest BCUT2D eigenvalue weighted by molar-refractivity contribution is 0.414. The quantitative estimate of drug-likeness (QED) is 0.517. The average molecular weight is 427 g/mol. The van der Waals surface area contributed by atoms with Crippen molar-refractivity contribution in [3.05, 3.63) is 84.3 Å². The molecule has 0 saturated carbocycles. The second kappa shape index (κ2) is 10.8. The van der Waals surface area contributed by atoms with E-state index in [0.29, 0.717) is 24.5 Å². The third kappa shape index (κ3) is 5.62. The summed E-state index contributed by atoms with van der Waals surface area (Å²) in [5, 5.41) is 0. The van der Waals surface area contributed by atoms with Gasteiger partial charge in [-0.05, 0) is 50.9 Å². The highest BCUT2D eigenvalue weighted by Gasteiger charge is 2.28. The van der Waals surface area contributed by atoms with Crippen molar-refractivity contribution in [1.29, 1.82) is 0 Å². The van der Waals surface area contributed by atoms with E-state index in [2.05, 4.69) is 6.58 Å². The molecule has 0 aliphatic carbocycles. The van der Waals surface area contributed by atoms with Crippen LogP contribution in [0.15, 0.2) is 84.3 Å². The molecular formula is C24H30N2O3S. The molecule has 6 heteroatoms. The molecule has 0 N–H and O–H groups in total. The Kier molecular flexibility index (Phi) is 8.45. The Hall–Kier alpha value is -2.83. The zero-order chi connectivity index (χ0) is 22.1. The summed E-state index contributed by atoms with van der Waals surface area (Å²) in [6.07, 6.45) is 6.36. The van der Waals surface area contributed by atoms with Crippen LogP contribution in [-0.2, 0) is 10.0 Å². The molecule has 0 unspecified atom stereocenters. The molecule has 0 aliphatic heterocycles. The van der Waals surface area contributed by atoms with Gasteiger partial charge in [-0.15, -0.1) is 0 Å². The minimum Gasteiger partial charge on any atom is -0.497 e. The van der Waals surface area contributed by atoms with E-state index in [9.17, 15) is 8.42 Å². The van der Waals surface area contributed by atoms with Gasteiger partial charge in [-0.2, -0.15) is 0 Å². The molecule has 0 fully saturated rings. The maximum Gasteiger partial charge on any atom is 0.264 e. The van der Waals surface area contributed by atoms with Crippen molar-refractivity contribution in [3.63, 3.8) is 0 Å². The number of hydrogen-bond acceptors (Lipinski definition) is 4. The Labute approximate surface area is 180 Å². The van der Waals surface area contributed by atoms with E-state index < -0.39 is 10.0 Å². The smallest absolute Gasteiger partial charge is 0.264 e. The number of nitrogens with zero attached hydrogens (tertiary/aromatic N) is 2. The summed E-state index contributed by atoms with van der Waals surface area (Å²) in [7, 11) is 1.65. The van der Waals surface area contributed by atoms with Crippen LogP contribution in [0, 0.1) is 0 Å². The molecule has 0 atom stereocenters. The minimum atomic E-state index is -3.79. The summed E-state index contributed by atoms with van der Waals surface area (Å²) >= 11 is 0. The molecule has 0 aliphatic rings. The van der Waals surface area contributed by atoms with Gasteiger partial charge in [0.1, 0.15) is 5.75 Å². The van der Waals surface area contributed by atoms with E-state index in [-0.39, 0.29) is 4.91 Å². The fraction of sp³-hybridized carbons (Fsp3) is 0.250. The van der Waals surface area contributed by atoms with Crippen LogP contribution in [0.3, 0.4) is 0 Å². The molecule has 0 radical (unpaired) electrons. The molecule has 0 aromatic heterocycles. The normalized spacial score (nSPS) is 12.4. The van der Waals surface area contributed by atoms with Gasteiger partial charge in [0.15, 0.2) is 0 Å². The van der Waals surface area contributed by atoms with Crippen LogP contribution in [0.1, 0.15) is 6.92 Å². The standard InChI is InChI=1S/C24H30N2O3S/c1-6-8-14-22(7-2)30(27,28)26(18-17-25(3)4)24-16-15-21(29-5)19-23(24)20-12-10-9-11-13-20/h6-16,19H,1,17-18H2,2-5H3/b14-8-,22-7+. The lowest BCUT2D eigenvalue weighted by atomic mass is 10.0. The van der Waals surface area contributed by atoms with Crippen molar-refractivity contribution >= 4 is 15.7 Å². The highest BCUT2D eigenvalue weighted by Crippen LogP contribution is 2.36. The van der Waals surface area contributed by atoms with E-state index in [1.807, 2.05) is 55.4 Å². The summed E-state index contributed by atoms with van der Waals surface area (Å²) < 4.78 is 34.2. The number of hydrogen-bond donors (Lipinski definition) is 0. The second-order valence-corrected chi connectivity index (χ2v) is 8.78. The second-order valence-electron chi connectivity index (χ2n) is 6.92. The highest BCUT2D eigenvalue weighted by atomic mass is 32.2. The summed E-state index contributed by atoms with van der Waals surface area (Å²) in [6.45, 7) is 6.24.